The number of aromatic nitrogens is 3. The van der Waals surface area contributed by atoms with Crippen molar-refractivity contribution in [1.29, 1.82) is 0 Å². The van der Waals surface area contributed by atoms with Gasteiger partial charge in [-0.25, -0.2) is 9.97 Å². The zero-order valence-corrected chi connectivity index (χ0v) is 11.2. The van der Waals surface area contributed by atoms with Gasteiger partial charge in [0.2, 0.25) is 0 Å². The third kappa shape index (κ3) is 2.67. The molecular formula is C14H7ClF3N3. The van der Waals surface area contributed by atoms with Crippen LogP contribution in [0.25, 0.3) is 22.3 Å². The Kier molecular flexibility index (Phi) is 3.25. The molecular weight excluding hydrogens is 303 g/mol. The van der Waals surface area contributed by atoms with Crippen molar-refractivity contribution in [3.05, 3.63) is 53.4 Å². The Morgan fingerprint density at radius 3 is 2.52 bits per heavy atom. The molecule has 0 spiro atoms. The summed E-state index contributed by atoms with van der Waals surface area (Å²) in [6.07, 6.45) is -1.33. The van der Waals surface area contributed by atoms with Crippen molar-refractivity contribution in [3.63, 3.8) is 0 Å². The molecule has 2 aromatic heterocycles. The summed E-state index contributed by atoms with van der Waals surface area (Å²) in [6, 6.07) is 6.58. The highest BCUT2D eigenvalue weighted by molar-refractivity contribution is 6.34. The van der Waals surface area contributed by atoms with Crippen molar-refractivity contribution in [3.8, 4) is 11.4 Å². The van der Waals surface area contributed by atoms with E-state index in [9.17, 15) is 13.2 Å². The summed E-state index contributed by atoms with van der Waals surface area (Å²) in [5, 5.41) is 0.477. The highest BCUT2D eigenvalue weighted by atomic mass is 35.5. The van der Waals surface area contributed by atoms with Crippen LogP contribution in [-0.2, 0) is 6.18 Å². The summed E-state index contributed by atoms with van der Waals surface area (Å²) in [5.41, 5.74) is -0.0516. The average molecular weight is 310 g/mol. The Morgan fingerprint density at radius 2 is 1.86 bits per heavy atom. The average Bonchev–Trinajstić information content (AvgIpc) is 2.46. The van der Waals surface area contributed by atoms with Crippen molar-refractivity contribution in [2.45, 2.75) is 6.18 Å². The third-order valence-electron chi connectivity index (χ3n) is 2.90. The molecule has 0 N–H and O–H groups in total. The topological polar surface area (TPSA) is 38.7 Å². The first-order valence-electron chi connectivity index (χ1n) is 5.90. The van der Waals surface area contributed by atoms with Gasteiger partial charge in [0, 0.05) is 23.3 Å². The van der Waals surface area contributed by atoms with E-state index in [4.69, 9.17) is 11.6 Å². The van der Waals surface area contributed by atoms with Gasteiger partial charge in [-0.05, 0) is 30.3 Å². The summed E-state index contributed by atoms with van der Waals surface area (Å²) in [5.74, 6) is 0.236. The van der Waals surface area contributed by atoms with Crippen molar-refractivity contribution in [2.24, 2.45) is 0 Å². The molecule has 0 bridgehead atoms. The molecule has 3 rings (SSSR count). The van der Waals surface area contributed by atoms with Crippen LogP contribution in [0.3, 0.4) is 0 Å². The van der Waals surface area contributed by atoms with Crippen LogP contribution in [-0.4, -0.2) is 15.0 Å². The van der Waals surface area contributed by atoms with Crippen molar-refractivity contribution < 1.29 is 13.2 Å². The van der Waals surface area contributed by atoms with Crippen LogP contribution in [0.15, 0.2) is 42.7 Å². The zero-order valence-electron chi connectivity index (χ0n) is 10.4. The number of pyridine rings is 1. The van der Waals surface area contributed by atoms with Crippen LogP contribution in [0.4, 0.5) is 13.2 Å². The molecule has 7 heteroatoms. The normalized spacial score (nSPS) is 11.8. The van der Waals surface area contributed by atoms with Gasteiger partial charge in [0.25, 0.3) is 0 Å². The van der Waals surface area contributed by atoms with E-state index in [1.165, 1.54) is 12.3 Å². The maximum Gasteiger partial charge on any atom is 0.416 e. The maximum absolute atomic E-state index is 12.8. The zero-order chi connectivity index (χ0) is 15.0. The highest BCUT2D eigenvalue weighted by Gasteiger charge is 2.30. The predicted molar refractivity (Wildman–Crippen MR) is 72.8 cm³/mol. The first kappa shape index (κ1) is 13.8. The SMILES string of the molecule is FC(F)(F)c1ccc2c(Cl)nc(-c3cccnc3)nc2c1. The van der Waals surface area contributed by atoms with Crippen molar-refractivity contribution in [1.82, 2.24) is 15.0 Å². The Hall–Kier alpha value is -2.21. The molecule has 0 saturated heterocycles. The van der Waals surface area contributed by atoms with Gasteiger partial charge in [-0.3, -0.25) is 4.98 Å². The molecule has 21 heavy (non-hydrogen) atoms. The van der Waals surface area contributed by atoms with E-state index in [0.29, 0.717) is 10.9 Å². The number of halogens is 4. The molecule has 1 aromatic carbocycles. The summed E-state index contributed by atoms with van der Waals surface area (Å²) in [7, 11) is 0. The predicted octanol–water partition coefficient (Wildman–Crippen LogP) is 4.36. The second-order valence-electron chi connectivity index (χ2n) is 4.31. The number of fused-ring (bicyclic) bond motifs is 1. The van der Waals surface area contributed by atoms with Gasteiger partial charge in [-0.1, -0.05) is 11.6 Å². The fraction of sp³-hybridized carbons (Fsp3) is 0.0714. The van der Waals surface area contributed by atoms with Crippen LogP contribution in [0, 0.1) is 0 Å². The highest BCUT2D eigenvalue weighted by Crippen LogP contribution is 2.33. The molecule has 2 heterocycles. The first-order valence-corrected chi connectivity index (χ1v) is 6.28. The minimum atomic E-state index is -4.43. The van der Waals surface area contributed by atoms with E-state index in [-0.39, 0.29) is 16.5 Å². The largest absolute Gasteiger partial charge is 0.416 e. The molecule has 0 saturated carbocycles. The molecule has 0 aliphatic heterocycles. The van der Waals surface area contributed by atoms with Gasteiger partial charge in [0.15, 0.2) is 5.82 Å². The lowest BCUT2D eigenvalue weighted by atomic mass is 10.1. The quantitative estimate of drug-likeness (QED) is 0.627. The van der Waals surface area contributed by atoms with E-state index in [2.05, 4.69) is 15.0 Å². The van der Waals surface area contributed by atoms with Crippen molar-refractivity contribution in [2.75, 3.05) is 0 Å². The first-order chi connectivity index (χ1) is 9.95. The van der Waals surface area contributed by atoms with Gasteiger partial charge in [-0.15, -0.1) is 0 Å². The fourth-order valence-electron chi connectivity index (χ4n) is 1.89. The molecule has 0 amide bonds. The molecule has 3 nitrogen and oxygen atoms in total. The van der Waals surface area contributed by atoms with E-state index in [0.717, 1.165) is 12.1 Å². The van der Waals surface area contributed by atoms with Gasteiger partial charge in [-0.2, -0.15) is 13.2 Å². The maximum atomic E-state index is 12.8. The van der Waals surface area contributed by atoms with Gasteiger partial charge < -0.3 is 0 Å². The summed E-state index contributed by atoms with van der Waals surface area (Å²) < 4.78 is 38.3. The fourth-order valence-corrected chi connectivity index (χ4v) is 2.13. The van der Waals surface area contributed by atoms with Crippen LogP contribution in [0.5, 0.6) is 0 Å². The Bertz CT molecular complexity index is 804. The van der Waals surface area contributed by atoms with Crippen LogP contribution >= 0.6 is 11.6 Å². The van der Waals surface area contributed by atoms with Crippen molar-refractivity contribution >= 4 is 22.5 Å². The Morgan fingerprint density at radius 1 is 1.05 bits per heavy atom. The molecule has 0 atom stereocenters. The third-order valence-corrected chi connectivity index (χ3v) is 3.19. The van der Waals surface area contributed by atoms with E-state index in [1.807, 2.05) is 0 Å². The van der Waals surface area contributed by atoms with Crippen LogP contribution in [0.1, 0.15) is 5.56 Å². The lowest BCUT2D eigenvalue weighted by molar-refractivity contribution is -0.137. The molecule has 106 valence electrons. The molecule has 0 fully saturated rings. The lowest BCUT2D eigenvalue weighted by Gasteiger charge is -2.09. The minimum Gasteiger partial charge on any atom is -0.264 e. The van der Waals surface area contributed by atoms with Gasteiger partial charge in [0.1, 0.15) is 5.15 Å². The lowest BCUT2D eigenvalue weighted by Crippen LogP contribution is -2.05. The molecule has 0 aliphatic rings. The second kappa shape index (κ2) is 4.96. The number of benzene rings is 1. The monoisotopic (exact) mass is 309 g/mol. The minimum absolute atomic E-state index is 0.104. The summed E-state index contributed by atoms with van der Waals surface area (Å²) >= 11 is 6.03. The van der Waals surface area contributed by atoms with E-state index in [1.54, 1.807) is 18.3 Å². The van der Waals surface area contributed by atoms with Gasteiger partial charge >= 0.3 is 6.18 Å². The number of hydrogen-bond donors (Lipinski definition) is 0. The van der Waals surface area contributed by atoms with Crippen LogP contribution < -0.4 is 0 Å². The molecule has 0 radical (unpaired) electrons. The Balaban J connectivity index is 2.22. The summed E-state index contributed by atoms with van der Waals surface area (Å²) in [4.78, 5) is 12.2. The standard InChI is InChI=1S/C14H7ClF3N3/c15-12-10-4-3-9(14(16,17)18)6-11(10)20-13(21-12)8-2-1-5-19-7-8/h1-7H. The van der Waals surface area contributed by atoms with E-state index < -0.39 is 11.7 Å². The molecule has 0 aliphatic carbocycles. The van der Waals surface area contributed by atoms with Gasteiger partial charge in [0.05, 0.1) is 11.1 Å². The van der Waals surface area contributed by atoms with Crippen LogP contribution in [0.2, 0.25) is 5.15 Å². The number of alkyl halides is 3. The number of nitrogens with zero attached hydrogens (tertiary/aromatic N) is 3. The second-order valence-corrected chi connectivity index (χ2v) is 4.67. The Labute approximate surface area is 122 Å². The smallest absolute Gasteiger partial charge is 0.264 e. The summed E-state index contributed by atoms with van der Waals surface area (Å²) in [6.45, 7) is 0. The number of hydrogen-bond acceptors (Lipinski definition) is 3. The van der Waals surface area contributed by atoms with E-state index >= 15 is 0 Å². The number of rotatable bonds is 1. The molecule has 3 aromatic rings. The molecule has 0 unspecified atom stereocenters.